The second-order valence-electron chi connectivity index (χ2n) is 4.71. The normalized spacial score (nSPS) is 27.5. The number of hydrogen-bond donors (Lipinski definition) is 1. The lowest BCUT2D eigenvalue weighted by Gasteiger charge is -2.08. The molecule has 2 nitrogen and oxygen atoms in total. The molecule has 0 spiro atoms. The van der Waals surface area contributed by atoms with Crippen LogP contribution >= 0.6 is 15.9 Å². The molecule has 1 aromatic carbocycles. The Kier molecular flexibility index (Phi) is 2.55. The maximum Gasteiger partial charge on any atom is 0.119 e. The Morgan fingerprint density at radius 2 is 2.00 bits per heavy atom. The molecule has 2 atom stereocenters. The molecule has 1 aliphatic rings. The monoisotopic (exact) mass is 269 g/mol. The van der Waals surface area contributed by atoms with E-state index in [2.05, 4.69) is 35.8 Å². The quantitative estimate of drug-likeness (QED) is 0.896. The summed E-state index contributed by atoms with van der Waals surface area (Å²) in [7, 11) is 1.69. The van der Waals surface area contributed by atoms with Gasteiger partial charge in [0.25, 0.3) is 0 Å². The largest absolute Gasteiger partial charge is 0.497 e. The molecule has 2 unspecified atom stereocenters. The zero-order chi connectivity index (χ0) is 11.2. The Labute approximate surface area is 98.9 Å². The van der Waals surface area contributed by atoms with Crippen LogP contribution in [-0.4, -0.2) is 13.2 Å². The minimum Gasteiger partial charge on any atom is -0.497 e. The van der Waals surface area contributed by atoms with Crippen molar-refractivity contribution < 1.29 is 4.74 Å². The van der Waals surface area contributed by atoms with E-state index in [0.29, 0.717) is 5.92 Å². The highest BCUT2D eigenvalue weighted by atomic mass is 79.9. The van der Waals surface area contributed by atoms with E-state index >= 15 is 0 Å². The van der Waals surface area contributed by atoms with E-state index in [0.717, 1.165) is 10.2 Å². The van der Waals surface area contributed by atoms with Crippen LogP contribution in [0, 0.1) is 5.41 Å². The van der Waals surface area contributed by atoms with Crippen molar-refractivity contribution in [1.29, 1.82) is 0 Å². The topological polar surface area (TPSA) is 35.2 Å². The molecule has 0 aliphatic heterocycles. The molecule has 15 heavy (non-hydrogen) atoms. The van der Waals surface area contributed by atoms with E-state index in [1.807, 2.05) is 12.1 Å². The van der Waals surface area contributed by atoms with E-state index in [9.17, 15) is 0 Å². The predicted octanol–water partition coefficient (Wildman–Crippen LogP) is 2.91. The Hall–Kier alpha value is -0.540. The third-order valence-corrected chi connectivity index (χ3v) is 4.17. The van der Waals surface area contributed by atoms with Gasteiger partial charge in [-0.05, 0) is 29.2 Å². The van der Waals surface area contributed by atoms with E-state index in [4.69, 9.17) is 10.5 Å². The van der Waals surface area contributed by atoms with E-state index in [1.165, 1.54) is 5.56 Å². The fourth-order valence-electron chi connectivity index (χ4n) is 2.16. The van der Waals surface area contributed by atoms with Gasteiger partial charge in [-0.15, -0.1) is 0 Å². The SMILES string of the molecule is COc1ccc(Br)c(C2C(N)C2(C)C)c1. The van der Waals surface area contributed by atoms with Gasteiger partial charge in [-0.2, -0.15) is 0 Å². The number of methoxy groups -OCH3 is 1. The van der Waals surface area contributed by atoms with Crippen LogP contribution in [0.2, 0.25) is 0 Å². The molecule has 1 aliphatic carbocycles. The zero-order valence-electron chi connectivity index (χ0n) is 9.25. The second kappa shape index (κ2) is 3.49. The van der Waals surface area contributed by atoms with Crippen LogP contribution in [-0.2, 0) is 0 Å². The Morgan fingerprint density at radius 3 is 2.47 bits per heavy atom. The summed E-state index contributed by atoms with van der Waals surface area (Å²) in [5.41, 5.74) is 7.53. The van der Waals surface area contributed by atoms with Crippen molar-refractivity contribution in [3.05, 3.63) is 28.2 Å². The minimum absolute atomic E-state index is 0.203. The van der Waals surface area contributed by atoms with Crippen molar-refractivity contribution in [2.45, 2.75) is 25.8 Å². The molecule has 0 aromatic heterocycles. The molecule has 1 saturated carbocycles. The molecule has 82 valence electrons. The third-order valence-electron chi connectivity index (χ3n) is 3.45. The first kappa shape index (κ1) is 11.0. The van der Waals surface area contributed by atoms with Gasteiger partial charge in [0.05, 0.1) is 7.11 Å². The van der Waals surface area contributed by atoms with Crippen LogP contribution in [0.4, 0.5) is 0 Å². The van der Waals surface area contributed by atoms with Gasteiger partial charge in [-0.1, -0.05) is 29.8 Å². The predicted molar refractivity (Wildman–Crippen MR) is 65.2 cm³/mol. The van der Waals surface area contributed by atoms with Gasteiger partial charge in [-0.25, -0.2) is 0 Å². The van der Waals surface area contributed by atoms with Gasteiger partial charge in [-0.3, -0.25) is 0 Å². The Morgan fingerprint density at radius 1 is 1.40 bits per heavy atom. The number of nitrogens with two attached hydrogens (primary N) is 1. The average molecular weight is 270 g/mol. The van der Waals surface area contributed by atoms with Crippen LogP contribution in [0.5, 0.6) is 5.75 Å². The van der Waals surface area contributed by atoms with Crippen molar-refractivity contribution >= 4 is 15.9 Å². The van der Waals surface area contributed by atoms with Crippen molar-refractivity contribution in [2.24, 2.45) is 11.1 Å². The summed E-state index contributed by atoms with van der Waals surface area (Å²) in [6, 6.07) is 6.30. The number of halogens is 1. The van der Waals surface area contributed by atoms with Crippen molar-refractivity contribution in [2.75, 3.05) is 7.11 Å². The third kappa shape index (κ3) is 1.68. The maximum atomic E-state index is 6.08. The van der Waals surface area contributed by atoms with Gasteiger partial charge < -0.3 is 10.5 Å². The van der Waals surface area contributed by atoms with Crippen LogP contribution in [0.25, 0.3) is 0 Å². The molecule has 3 heteroatoms. The molecule has 1 fully saturated rings. The molecule has 0 heterocycles. The zero-order valence-corrected chi connectivity index (χ0v) is 10.8. The molecule has 2 rings (SSSR count). The van der Waals surface area contributed by atoms with Crippen molar-refractivity contribution in [1.82, 2.24) is 0 Å². The molecule has 2 N–H and O–H groups in total. The first-order chi connectivity index (χ1) is 6.98. The molecule has 0 saturated heterocycles. The molecular formula is C12H16BrNO. The summed E-state index contributed by atoms with van der Waals surface area (Å²) in [4.78, 5) is 0. The van der Waals surface area contributed by atoms with Gasteiger partial charge >= 0.3 is 0 Å². The molecule has 0 bridgehead atoms. The van der Waals surface area contributed by atoms with Crippen LogP contribution in [0.1, 0.15) is 25.3 Å². The van der Waals surface area contributed by atoms with Gasteiger partial charge in [0, 0.05) is 16.4 Å². The average Bonchev–Trinajstić information content (AvgIpc) is 2.68. The molecular weight excluding hydrogens is 254 g/mol. The highest BCUT2D eigenvalue weighted by Gasteiger charge is 2.56. The summed E-state index contributed by atoms with van der Waals surface area (Å²) < 4.78 is 6.35. The van der Waals surface area contributed by atoms with Gasteiger partial charge in [0.2, 0.25) is 0 Å². The maximum absolute atomic E-state index is 6.08. The highest BCUT2D eigenvalue weighted by molar-refractivity contribution is 9.10. The number of hydrogen-bond acceptors (Lipinski definition) is 2. The highest BCUT2D eigenvalue weighted by Crippen LogP contribution is 2.58. The van der Waals surface area contributed by atoms with Gasteiger partial charge in [0.15, 0.2) is 0 Å². The van der Waals surface area contributed by atoms with E-state index in [-0.39, 0.29) is 11.5 Å². The first-order valence-corrected chi connectivity index (χ1v) is 5.87. The molecule has 1 aromatic rings. The minimum atomic E-state index is 0.203. The smallest absolute Gasteiger partial charge is 0.119 e. The van der Waals surface area contributed by atoms with Gasteiger partial charge in [0.1, 0.15) is 5.75 Å². The summed E-state index contributed by atoms with van der Waals surface area (Å²) in [6.45, 7) is 4.41. The fourth-order valence-corrected chi connectivity index (χ4v) is 2.65. The number of rotatable bonds is 2. The Bertz CT molecular complexity index is 389. The first-order valence-electron chi connectivity index (χ1n) is 5.07. The fraction of sp³-hybridized carbons (Fsp3) is 0.500. The number of benzene rings is 1. The lowest BCUT2D eigenvalue weighted by molar-refractivity contribution is 0.414. The summed E-state index contributed by atoms with van der Waals surface area (Å²) in [6.07, 6.45) is 0. The Balaban J connectivity index is 2.37. The molecule has 0 radical (unpaired) electrons. The lowest BCUT2D eigenvalue weighted by atomic mass is 10.0. The summed E-state index contributed by atoms with van der Waals surface area (Å²) in [5, 5.41) is 0. The second-order valence-corrected chi connectivity index (χ2v) is 5.57. The van der Waals surface area contributed by atoms with E-state index < -0.39 is 0 Å². The molecule has 0 amide bonds. The standard InChI is InChI=1S/C12H16BrNO/c1-12(2)10(11(12)14)8-6-7(15-3)4-5-9(8)13/h4-6,10-11H,14H2,1-3H3. The van der Waals surface area contributed by atoms with Crippen molar-refractivity contribution in [3.63, 3.8) is 0 Å². The van der Waals surface area contributed by atoms with E-state index in [1.54, 1.807) is 7.11 Å². The van der Waals surface area contributed by atoms with Crippen LogP contribution in [0.3, 0.4) is 0 Å². The summed E-state index contributed by atoms with van der Waals surface area (Å²) in [5.74, 6) is 1.32. The van der Waals surface area contributed by atoms with Crippen LogP contribution in [0.15, 0.2) is 22.7 Å². The summed E-state index contributed by atoms with van der Waals surface area (Å²) >= 11 is 3.57. The number of ether oxygens (including phenoxy) is 1. The van der Waals surface area contributed by atoms with Crippen molar-refractivity contribution in [3.8, 4) is 5.75 Å². The lowest BCUT2D eigenvalue weighted by Crippen LogP contribution is -2.06. The van der Waals surface area contributed by atoms with Crippen LogP contribution < -0.4 is 10.5 Å².